The average Bonchev–Trinajstić information content (AvgIpc) is 2.32. The molecule has 0 aliphatic carbocycles. The van der Waals surface area contributed by atoms with Gasteiger partial charge in [0.25, 0.3) is 0 Å². The van der Waals surface area contributed by atoms with Gasteiger partial charge in [0.05, 0.1) is 5.69 Å². The zero-order valence-electron chi connectivity index (χ0n) is 10.2. The van der Waals surface area contributed by atoms with Crippen LogP contribution in [0.4, 0.5) is 0 Å². The zero-order valence-corrected chi connectivity index (χ0v) is 11.8. The van der Waals surface area contributed by atoms with Gasteiger partial charge in [-0.3, -0.25) is 14.7 Å². The molecule has 1 aromatic heterocycles. The van der Waals surface area contributed by atoms with Crippen molar-refractivity contribution in [1.82, 2.24) is 9.88 Å². The number of likely N-dealkylation sites (tertiary alicyclic amines) is 1. The number of carbonyl (C=O) groups is 1. The summed E-state index contributed by atoms with van der Waals surface area (Å²) < 4.78 is 0.980. The van der Waals surface area contributed by atoms with Gasteiger partial charge < -0.3 is 5.11 Å². The summed E-state index contributed by atoms with van der Waals surface area (Å²) in [6.45, 7) is 2.71. The van der Waals surface area contributed by atoms with Crippen LogP contribution in [-0.2, 0) is 11.3 Å². The standard InChI is InChI=1S/C13H17BrN2O2/c14-11-3-4-12(15-7-11)9-16-5-1-2-10(8-16)6-13(17)18/h3-4,7,10H,1-2,5-6,8-9H2,(H,17,18). The molecule has 1 atom stereocenters. The molecule has 1 aliphatic heterocycles. The minimum Gasteiger partial charge on any atom is -0.481 e. The molecule has 4 nitrogen and oxygen atoms in total. The van der Waals surface area contributed by atoms with E-state index in [1.807, 2.05) is 12.1 Å². The number of hydrogen-bond donors (Lipinski definition) is 1. The van der Waals surface area contributed by atoms with Crippen molar-refractivity contribution in [2.45, 2.75) is 25.8 Å². The van der Waals surface area contributed by atoms with Crippen molar-refractivity contribution in [3.63, 3.8) is 0 Å². The highest BCUT2D eigenvalue weighted by Crippen LogP contribution is 2.21. The van der Waals surface area contributed by atoms with Crippen molar-refractivity contribution in [3.05, 3.63) is 28.5 Å². The van der Waals surface area contributed by atoms with Gasteiger partial charge >= 0.3 is 5.97 Å². The van der Waals surface area contributed by atoms with Crippen LogP contribution in [0.15, 0.2) is 22.8 Å². The fourth-order valence-corrected chi connectivity index (χ4v) is 2.67. The molecule has 1 N–H and O–H groups in total. The molecule has 1 saturated heterocycles. The van der Waals surface area contributed by atoms with Crippen LogP contribution in [0.3, 0.4) is 0 Å². The molecular weight excluding hydrogens is 296 g/mol. The third-order valence-electron chi connectivity index (χ3n) is 3.24. The van der Waals surface area contributed by atoms with Gasteiger partial charge in [0.2, 0.25) is 0 Å². The Morgan fingerprint density at radius 3 is 3.06 bits per heavy atom. The topological polar surface area (TPSA) is 53.4 Å². The van der Waals surface area contributed by atoms with E-state index < -0.39 is 5.97 Å². The Morgan fingerprint density at radius 2 is 2.39 bits per heavy atom. The number of piperidine rings is 1. The van der Waals surface area contributed by atoms with Crippen LogP contribution in [0.1, 0.15) is 25.0 Å². The lowest BCUT2D eigenvalue weighted by atomic mass is 9.95. The summed E-state index contributed by atoms with van der Waals surface area (Å²) in [5, 5.41) is 8.84. The predicted octanol–water partition coefficient (Wildman–Crippen LogP) is 2.53. The number of carboxylic acids is 1. The Kier molecular flexibility index (Phi) is 4.72. The lowest BCUT2D eigenvalue weighted by Gasteiger charge is -2.31. The Balaban J connectivity index is 1.89. The van der Waals surface area contributed by atoms with E-state index in [9.17, 15) is 4.79 Å². The van der Waals surface area contributed by atoms with E-state index in [1.165, 1.54) is 0 Å². The van der Waals surface area contributed by atoms with E-state index in [-0.39, 0.29) is 12.3 Å². The third kappa shape index (κ3) is 4.07. The molecule has 2 rings (SSSR count). The molecule has 1 unspecified atom stereocenters. The maximum atomic E-state index is 10.7. The summed E-state index contributed by atoms with van der Waals surface area (Å²) in [6, 6.07) is 3.99. The van der Waals surface area contributed by atoms with Crippen LogP contribution in [0.5, 0.6) is 0 Å². The summed E-state index contributed by atoms with van der Waals surface area (Å²) in [5.74, 6) is -0.407. The van der Waals surface area contributed by atoms with Crippen molar-refractivity contribution < 1.29 is 9.90 Å². The fraction of sp³-hybridized carbons (Fsp3) is 0.538. The van der Waals surface area contributed by atoms with Crippen LogP contribution in [0.2, 0.25) is 0 Å². The zero-order chi connectivity index (χ0) is 13.0. The first-order valence-corrected chi connectivity index (χ1v) is 6.97. The van der Waals surface area contributed by atoms with E-state index in [0.717, 1.165) is 42.6 Å². The van der Waals surface area contributed by atoms with Gasteiger partial charge in [0, 0.05) is 30.2 Å². The summed E-state index contributed by atoms with van der Waals surface area (Å²) in [6.07, 6.45) is 4.18. The second-order valence-electron chi connectivity index (χ2n) is 4.81. The predicted molar refractivity (Wildman–Crippen MR) is 72.2 cm³/mol. The van der Waals surface area contributed by atoms with Gasteiger partial charge in [-0.25, -0.2) is 0 Å². The highest BCUT2D eigenvalue weighted by Gasteiger charge is 2.22. The molecule has 0 saturated carbocycles. The first-order chi connectivity index (χ1) is 8.63. The maximum Gasteiger partial charge on any atom is 0.303 e. The van der Waals surface area contributed by atoms with Gasteiger partial charge in [-0.1, -0.05) is 0 Å². The van der Waals surface area contributed by atoms with Crippen molar-refractivity contribution in [3.8, 4) is 0 Å². The minimum absolute atomic E-state index is 0.282. The molecule has 1 aliphatic rings. The molecule has 5 heteroatoms. The molecule has 1 aromatic rings. The quantitative estimate of drug-likeness (QED) is 0.928. The molecule has 0 aromatic carbocycles. The lowest BCUT2D eigenvalue weighted by molar-refractivity contribution is -0.138. The summed E-state index contributed by atoms with van der Waals surface area (Å²) >= 11 is 3.37. The average molecular weight is 313 g/mol. The summed E-state index contributed by atoms with van der Waals surface area (Å²) in [7, 11) is 0. The van der Waals surface area contributed by atoms with Gasteiger partial charge in [0.1, 0.15) is 0 Å². The molecule has 2 heterocycles. The lowest BCUT2D eigenvalue weighted by Crippen LogP contribution is -2.35. The van der Waals surface area contributed by atoms with Crippen LogP contribution in [0.25, 0.3) is 0 Å². The first kappa shape index (κ1) is 13.5. The highest BCUT2D eigenvalue weighted by atomic mass is 79.9. The molecule has 98 valence electrons. The van der Waals surface area contributed by atoms with E-state index in [1.54, 1.807) is 6.20 Å². The third-order valence-corrected chi connectivity index (χ3v) is 3.71. The Labute approximate surface area is 115 Å². The molecular formula is C13H17BrN2O2. The van der Waals surface area contributed by atoms with Crippen LogP contribution in [0, 0.1) is 5.92 Å². The Bertz CT molecular complexity index is 408. The number of hydrogen-bond acceptors (Lipinski definition) is 3. The van der Waals surface area contributed by atoms with Crippen molar-refractivity contribution in [1.29, 1.82) is 0 Å². The van der Waals surface area contributed by atoms with E-state index >= 15 is 0 Å². The molecule has 18 heavy (non-hydrogen) atoms. The van der Waals surface area contributed by atoms with Crippen molar-refractivity contribution in [2.75, 3.05) is 13.1 Å². The summed E-state index contributed by atoms with van der Waals surface area (Å²) in [4.78, 5) is 17.4. The SMILES string of the molecule is O=C(O)CC1CCCN(Cc2ccc(Br)cn2)C1. The molecule has 0 radical (unpaired) electrons. The van der Waals surface area contributed by atoms with Crippen molar-refractivity contribution in [2.24, 2.45) is 5.92 Å². The smallest absolute Gasteiger partial charge is 0.303 e. The van der Waals surface area contributed by atoms with Crippen LogP contribution >= 0.6 is 15.9 Å². The van der Waals surface area contributed by atoms with Gasteiger partial charge in [-0.15, -0.1) is 0 Å². The molecule has 0 bridgehead atoms. The number of aromatic nitrogens is 1. The Morgan fingerprint density at radius 1 is 1.56 bits per heavy atom. The second-order valence-corrected chi connectivity index (χ2v) is 5.72. The van der Waals surface area contributed by atoms with E-state index in [0.29, 0.717) is 0 Å². The molecule has 0 spiro atoms. The van der Waals surface area contributed by atoms with Crippen LogP contribution in [-0.4, -0.2) is 34.0 Å². The molecule has 1 fully saturated rings. The monoisotopic (exact) mass is 312 g/mol. The maximum absolute atomic E-state index is 10.7. The van der Waals surface area contributed by atoms with Gasteiger partial charge in [-0.05, 0) is 53.4 Å². The summed E-state index contributed by atoms with van der Waals surface area (Å²) in [5.41, 5.74) is 1.04. The fourth-order valence-electron chi connectivity index (χ4n) is 2.44. The van der Waals surface area contributed by atoms with Gasteiger partial charge in [0.15, 0.2) is 0 Å². The van der Waals surface area contributed by atoms with Crippen molar-refractivity contribution >= 4 is 21.9 Å². The number of rotatable bonds is 4. The number of aliphatic carboxylic acids is 1. The van der Waals surface area contributed by atoms with Gasteiger partial charge in [-0.2, -0.15) is 0 Å². The highest BCUT2D eigenvalue weighted by molar-refractivity contribution is 9.10. The number of nitrogens with zero attached hydrogens (tertiary/aromatic N) is 2. The number of halogens is 1. The number of pyridine rings is 1. The Hall–Kier alpha value is -0.940. The van der Waals surface area contributed by atoms with Crippen LogP contribution < -0.4 is 0 Å². The largest absolute Gasteiger partial charge is 0.481 e. The van der Waals surface area contributed by atoms with E-state index in [4.69, 9.17) is 5.11 Å². The first-order valence-electron chi connectivity index (χ1n) is 6.18. The molecule has 0 amide bonds. The minimum atomic E-state index is -0.691. The van der Waals surface area contributed by atoms with E-state index in [2.05, 4.69) is 25.8 Å². The second kappa shape index (κ2) is 6.29. The normalized spacial score (nSPS) is 20.8. The number of carboxylic acid groups (broad SMARTS) is 1.